The second kappa shape index (κ2) is 10.7. The molecule has 3 aromatic rings. The highest BCUT2D eigenvalue weighted by molar-refractivity contribution is 9.10. The minimum absolute atomic E-state index is 0.120. The topological polar surface area (TPSA) is 59.9 Å². The van der Waals surface area contributed by atoms with Crippen molar-refractivity contribution in [3.05, 3.63) is 93.1 Å². The summed E-state index contributed by atoms with van der Waals surface area (Å²) in [7, 11) is 0. The van der Waals surface area contributed by atoms with Crippen LogP contribution in [0.25, 0.3) is 6.08 Å². The number of nitrogens with zero attached hydrogens (tertiary/aromatic N) is 1. The smallest absolute Gasteiger partial charge is 0.264 e. The molecule has 3 aromatic carbocycles. The number of hydrogen-bond donors (Lipinski definition) is 1. The third-order valence-electron chi connectivity index (χ3n) is 4.62. The molecule has 0 aromatic heterocycles. The molecular formula is C25H20BrFN2O3S. The van der Waals surface area contributed by atoms with Crippen LogP contribution in [0.15, 0.2) is 81.1 Å². The molecule has 0 unspecified atom stereocenters. The van der Waals surface area contributed by atoms with Gasteiger partial charge in [-0.2, -0.15) is 0 Å². The van der Waals surface area contributed by atoms with Crippen LogP contribution >= 0.6 is 27.7 Å². The summed E-state index contributed by atoms with van der Waals surface area (Å²) < 4.78 is 25.7. The van der Waals surface area contributed by atoms with Crippen LogP contribution in [-0.2, 0) is 11.4 Å². The van der Waals surface area contributed by atoms with Crippen molar-refractivity contribution in [1.82, 2.24) is 5.32 Å². The van der Waals surface area contributed by atoms with Gasteiger partial charge in [0.2, 0.25) is 0 Å². The highest BCUT2D eigenvalue weighted by Gasteiger charge is 2.24. The number of aliphatic imine (C=N–C) groups is 1. The maximum Gasteiger partial charge on any atom is 0.264 e. The lowest BCUT2D eigenvalue weighted by atomic mass is 10.2. The lowest BCUT2D eigenvalue weighted by Crippen LogP contribution is -2.19. The summed E-state index contributed by atoms with van der Waals surface area (Å²) in [6.45, 7) is 2.65. The molecule has 8 heteroatoms. The van der Waals surface area contributed by atoms with Crippen LogP contribution in [0.4, 0.5) is 10.1 Å². The Bertz CT molecular complexity index is 1230. The standard InChI is InChI=1S/C25H20BrFN2O3S/c1-2-31-19-10-8-18(9-11-19)28-25-29-24(30)23(33-25)14-16-7-12-22(20(26)13-16)32-15-17-5-3-4-6-21(17)27/h3-14H,2,15H2,1H3,(H,28,29,30). The van der Waals surface area contributed by atoms with Gasteiger partial charge in [0.25, 0.3) is 5.91 Å². The Kier molecular flexibility index (Phi) is 7.47. The van der Waals surface area contributed by atoms with Gasteiger partial charge in [-0.15, -0.1) is 0 Å². The molecule has 0 aliphatic carbocycles. The molecule has 0 bridgehead atoms. The van der Waals surface area contributed by atoms with Crippen LogP contribution in [0.2, 0.25) is 0 Å². The number of carbonyl (C=O) groups excluding carboxylic acids is 1. The molecule has 0 spiro atoms. The number of ether oxygens (including phenoxy) is 2. The van der Waals surface area contributed by atoms with Gasteiger partial charge in [-0.25, -0.2) is 9.38 Å². The van der Waals surface area contributed by atoms with Crippen molar-refractivity contribution in [1.29, 1.82) is 0 Å². The first-order chi connectivity index (χ1) is 16.0. The molecule has 4 rings (SSSR count). The van der Waals surface area contributed by atoms with Crippen molar-refractivity contribution in [2.75, 3.05) is 6.61 Å². The van der Waals surface area contributed by atoms with Crippen molar-refractivity contribution in [3.8, 4) is 11.5 Å². The van der Waals surface area contributed by atoms with E-state index in [9.17, 15) is 9.18 Å². The zero-order valence-corrected chi connectivity index (χ0v) is 20.1. The minimum atomic E-state index is -0.304. The first kappa shape index (κ1) is 23.1. The van der Waals surface area contributed by atoms with Crippen molar-refractivity contribution in [2.45, 2.75) is 13.5 Å². The Morgan fingerprint density at radius 1 is 1.09 bits per heavy atom. The summed E-state index contributed by atoms with van der Waals surface area (Å²) in [4.78, 5) is 17.4. The second-order valence-corrected chi connectivity index (χ2v) is 8.86. The maximum absolute atomic E-state index is 13.8. The van der Waals surface area contributed by atoms with E-state index in [0.29, 0.717) is 32.5 Å². The van der Waals surface area contributed by atoms with Crippen molar-refractivity contribution in [2.24, 2.45) is 4.99 Å². The molecule has 0 atom stereocenters. The Labute approximate surface area is 203 Å². The highest BCUT2D eigenvalue weighted by atomic mass is 79.9. The van der Waals surface area contributed by atoms with Crippen molar-refractivity contribution in [3.63, 3.8) is 0 Å². The third kappa shape index (κ3) is 6.03. The molecule has 1 aliphatic heterocycles. The minimum Gasteiger partial charge on any atom is -0.494 e. The number of nitrogens with one attached hydrogen (secondary N) is 1. The molecule has 1 amide bonds. The zero-order valence-electron chi connectivity index (χ0n) is 17.7. The van der Waals surface area contributed by atoms with E-state index >= 15 is 0 Å². The number of amides is 1. The number of amidine groups is 1. The molecular weight excluding hydrogens is 507 g/mol. The van der Waals surface area contributed by atoms with Gasteiger partial charge >= 0.3 is 0 Å². The summed E-state index contributed by atoms with van der Waals surface area (Å²) >= 11 is 4.76. The summed E-state index contributed by atoms with van der Waals surface area (Å²) in [5.74, 6) is 0.848. The van der Waals surface area contributed by atoms with E-state index in [4.69, 9.17) is 9.47 Å². The van der Waals surface area contributed by atoms with E-state index in [-0.39, 0.29) is 18.3 Å². The maximum atomic E-state index is 13.8. The lowest BCUT2D eigenvalue weighted by molar-refractivity contribution is -0.115. The number of rotatable bonds is 7. The summed E-state index contributed by atoms with van der Waals surface area (Å²) in [6.07, 6.45) is 1.78. The number of thioether (sulfide) groups is 1. The first-order valence-electron chi connectivity index (χ1n) is 10.2. The second-order valence-electron chi connectivity index (χ2n) is 6.98. The van der Waals surface area contributed by atoms with Gasteiger partial charge in [-0.05, 0) is 88.7 Å². The van der Waals surface area contributed by atoms with Gasteiger partial charge in [-0.1, -0.05) is 24.3 Å². The Hall–Kier alpha value is -3.10. The predicted octanol–water partition coefficient (Wildman–Crippen LogP) is 6.46. The van der Waals surface area contributed by atoms with Gasteiger partial charge in [0.05, 0.1) is 21.7 Å². The zero-order chi connectivity index (χ0) is 23.2. The molecule has 1 aliphatic rings. The van der Waals surface area contributed by atoms with Crippen molar-refractivity contribution < 1.29 is 18.7 Å². The van der Waals surface area contributed by atoms with Gasteiger partial charge in [0.1, 0.15) is 23.9 Å². The lowest BCUT2D eigenvalue weighted by Gasteiger charge is -2.09. The van der Waals surface area contributed by atoms with E-state index in [0.717, 1.165) is 17.0 Å². The van der Waals surface area contributed by atoms with E-state index < -0.39 is 0 Å². The van der Waals surface area contributed by atoms with Crippen LogP contribution in [-0.4, -0.2) is 17.7 Å². The molecule has 1 saturated heterocycles. The normalized spacial score (nSPS) is 15.7. The van der Waals surface area contributed by atoms with Crippen LogP contribution in [0.3, 0.4) is 0 Å². The number of hydrogen-bond acceptors (Lipinski definition) is 5. The van der Waals surface area contributed by atoms with Crippen LogP contribution in [0.1, 0.15) is 18.1 Å². The van der Waals surface area contributed by atoms with Gasteiger partial charge < -0.3 is 14.8 Å². The van der Waals surface area contributed by atoms with Crippen LogP contribution in [0.5, 0.6) is 11.5 Å². The summed E-state index contributed by atoms with van der Waals surface area (Å²) in [6, 6.07) is 19.3. The fourth-order valence-electron chi connectivity index (χ4n) is 3.03. The van der Waals surface area contributed by atoms with Gasteiger partial charge in [-0.3, -0.25) is 4.79 Å². The molecule has 5 nitrogen and oxygen atoms in total. The summed E-state index contributed by atoms with van der Waals surface area (Å²) in [5, 5.41) is 3.30. The monoisotopic (exact) mass is 526 g/mol. The Morgan fingerprint density at radius 3 is 2.61 bits per heavy atom. The molecule has 33 heavy (non-hydrogen) atoms. The summed E-state index contributed by atoms with van der Waals surface area (Å²) in [5.41, 5.74) is 2.02. The Balaban J connectivity index is 1.43. The average molecular weight is 527 g/mol. The van der Waals surface area contributed by atoms with E-state index in [1.165, 1.54) is 17.8 Å². The number of carbonyl (C=O) groups is 1. The SMILES string of the molecule is CCOc1ccc(N=C2NC(=O)C(=Cc3ccc(OCc4ccccc4F)c(Br)c3)S2)cc1. The molecule has 1 heterocycles. The fourth-order valence-corrected chi connectivity index (χ4v) is 4.38. The predicted molar refractivity (Wildman–Crippen MR) is 133 cm³/mol. The quantitative estimate of drug-likeness (QED) is 0.359. The first-order valence-corrected chi connectivity index (χ1v) is 11.8. The van der Waals surface area contributed by atoms with Crippen LogP contribution < -0.4 is 14.8 Å². The molecule has 1 fully saturated rings. The van der Waals surface area contributed by atoms with E-state index in [2.05, 4.69) is 26.2 Å². The van der Waals surface area contributed by atoms with E-state index in [1.807, 2.05) is 43.3 Å². The molecule has 168 valence electrons. The number of benzene rings is 3. The average Bonchev–Trinajstić information content (AvgIpc) is 3.14. The van der Waals surface area contributed by atoms with Gasteiger partial charge in [0.15, 0.2) is 5.17 Å². The molecule has 1 N–H and O–H groups in total. The van der Waals surface area contributed by atoms with Crippen LogP contribution in [0, 0.1) is 5.82 Å². The highest BCUT2D eigenvalue weighted by Crippen LogP contribution is 2.32. The fraction of sp³-hybridized carbons (Fsp3) is 0.120. The number of halogens is 2. The van der Waals surface area contributed by atoms with Crippen molar-refractivity contribution >= 4 is 50.5 Å². The molecule has 0 radical (unpaired) electrons. The molecule has 0 saturated carbocycles. The Morgan fingerprint density at radius 2 is 1.88 bits per heavy atom. The van der Waals surface area contributed by atoms with E-state index in [1.54, 1.807) is 30.3 Å². The third-order valence-corrected chi connectivity index (χ3v) is 6.15. The largest absolute Gasteiger partial charge is 0.494 e. The van der Waals surface area contributed by atoms with Gasteiger partial charge in [0, 0.05) is 5.56 Å².